The molecule has 3 aromatic rings. The lowest BCUT2D eigenvalue weighted by Crippen LogP contribution is -2.30. The first kappa shape index (κ1) is 18.7. The monoisotopic (exact) mass is 439 g/mol. The third-order valence-electron chi connectivity index (χ3n) is 5.23. The van der Waals surface area contributed by atoms with E-state index in [1.807, 2.05) is 54.9 Å². The van der Waals surface area contributed by atoms with Gasteiger partial charge in [0.1, 0.15) is 5.69 Å². The van der Waals surface area contributed by atoms with Crippen molar-refractivity contribution in [1.29, 1.82) is 0 Å². The van der Waals surface area contributed by atoms with Crippen LogP contribution in [0.5, 0.6) is 0 Å². The van der Waals surface area contributed by atoms with Crippen LogP contribution in [0.3, 0.4) is 0 Å². The maximum atomic E-state index is 13.2. The lowest BCUT2D eigenvalue weighted by atomic mass is 10.1. The number of halogens is 1. The molecular formula is C22H22BrN3O2. The van der Waals surface area contributed by atoms with Crippen LogP contribution < -0.4 is 10.2 Å². The average Bonchev–Trinajstić information content (AvgIpc) is 3.20. The highest BCUT2D eigenvalue weighted by Gasteiger charge is 2.31. The summed E-state index contributed by atoms with van der Waals surface area (Å²) in [6.45, 7) is 3.10. The molecule has 0 aliphatic carbocycles. The van der Waals surface area contributed by atoms with E-state index < -0.39 is 0 Å². The molecule has 1 N–H and O–H groups in total. The summed E-state index contributed by atoms with van der Waals surface area (Å²) >= 11 is 3.46. The third-order valence-corrected chi connectivity index (χ3v) is 5.72. The molecule has 0 spiro atoms. The van der Waals surface area contributed by atoms with Crippen LogP contribution in [0.2, 0.25) is 0 Å². The Morgan fingerprint density at radius 2 is 2.04 bits per heavy atom. The van der Waals surface area contributed by atoms with Crippen LogP contribution in [0.4, 0.5) is 5.69 Å². The predicted octanol–water partition coefficient (Wildman–Crippen LogP) is 4.31. The van der Waals surface area contributed by atoms with Gasteiger partial charge in [0.15, 0.2) is 0 Å². The topological polar surface area (TPSA) is 54.3 Å². The fourth-order valence-electron chi connectivity index (χ4n) is 3.87. The number of amides is 2. The molecule has 1 saturated heterocycles. The van der Waals surface area contributed by atoms with Gasteiger partial charge in [0, 0.05) is 36.4 Å². The summed E-state index contributed by atoms with van der Waals surface area (Å²) in [5, 5.41) is 3.97. The number of hydrogen-bond acceptors (Lipinski definition) is 2. The van der Waals surface area contributed by atoms with E-state index in [1.165, 1.54) is 0 Å². The summed E-state index contributed by atoms with van der Waals surface area (Å²) in [5.74, 6) is -0.0962. The van der Waals surface area contributed by atoms with Gasteiger partial charge in [-0.15, -0.1) is 0 Å². The number of aryl methyl sites for hydroxylation is 2. The second-order valence-corrected chi connectivity index (χ2v) is 8.15. The lowest BCUT2D eigenvalue weighted by Gasteiger charge is -2.18. The predicted molar refractivity (Wildman–Crippen MR) is 115 cm³/mol. The molecule has 2 heterocycles. The van der Waals surface area contributed by atoms with Crippen LogP contribution in [-0.2, 0) is 18.4 Å². The Bertz CT molecular complexity index is 1090. The number of carbonyl (C=O) groups is 2. The highest BCUT2D eigenvalue weighted by molar-refractivity contribution is 9.10. The molecule has 1 fully saturated rings. The molecule has 1 aliphatic heterocycles. The van der Waals surface area contributed by atoms with Crippen molar-refractivity contribution in [2.75, 3.05) is 11.4 Å². The van der Waals surface area contributed by atoms with E-state index >= 15 is 0 Å². The van der Waals surface area contributed by atoms with Crippen LogP contribution in [0.1, 0.15) is 34.5 Å². The Hall–Kier alpha value is -2.60. The van der Waals surface area contributed by atoms with Crippen molar-refractivity contribution in [2.24, 2.45) is 7.05 Å². The Kier molecular flexibility index (Phi) is 4.98. The number of benzene rings is 2. The third kappa shape index (κ3) is 3.33. The quantitative estimate of drug-likeness (QED) is 0.658. The summed E-state index contributed by atoms with van der Waals surface area (Å²) < 4.78 is 2.87. The Balaban J connectivity index is 1.75. The maximum Gasteiger partial charge on any atom is 0.270 e. The van der Waals surface area contributed by atoms with Crippen molar-refractivity contribution in [3.63, 3.8) is 0 Å². The number of rotatable bonds is 4. The number of anilines is 1. The van der Waals surface area contributed by atoms with Gasteiger partial charge in [-0.25, -0.2) is 0 Å². The minimum atomic E-state index is -0.175. The molecule has 2 aromatic carbocycles. The SMILES string of the molecule is Cc1ccc2c(c1)c(N1CCCC1=O)c(C(=O)NCc1cccc(Br)c1)n2C. The number of fused-ring (bicyclic) bond motifs is 1. The summed E-state index contributed by atoms with van der Waals surface area (Å²) in [5.41, 5.74) is 4.33. The molecule has 4 rings (SSSR count). The molecule has 0 radical (unpaired) electrons. The van der Waals surface area contributed by atoms with Gasteiger partial charge in [-0.1, -0.05) is 39.7 Å². The van der Waals surface area contributed by atoms with E-state index in [0.29, 0.717) is 25.2 Å². The molecule has 0 bridgehead atoms. The van der Waals surface area contributed by atoms with Gasteiger partial charge in [0.05, 0.1) is 11.2 Å². The van der Waals surface area contributed by atoms with Crippen LogP contribution in [0, 0.1) is 6.92 Å². The van der Waals surface area contributed by atoms with Gasteiger partial charge in [-0.3, -0.25) is 9.59 Å². The van der Waals surface area contributed by atoms with Gasteiger partial charge in [-0.2, -0.15) is 0 Å². The van der Waals surface area contributed by atoms with Crippen molar-refractivity contribution in [3.05, 3.63) is 63.8 Å². The second kappa shape index (κ2) is 7.43. The minimum Gasteiger partial charge on any atom is -0.347 e. The first-order valence-corrected chi connectivity index (χ1v) is 10.2. The van der Waals surface area contributed by atoms with Crippen LogP contribution in [-0.4, -0.2) is 22.9 Å². The zero-order valence-electron chi connectivity index (χ0n) is 16.0. The molecule has 0 saturated carbocycles. The minimum absolute atomic E-state index is 0.0787. The maximum absolute atomic E-state index is 13.2. The fourth-order valence-corrected chi connectivity index (χ4v) is 4.32. The first-order valence-electron chi connectivity index (χ1n) is 9.38. The molecule has 28 heavy (non-hydrogen) atoms. The van der Waals surface area contributed by atoms with E-state index in [-0.39, 0.29) is 11.8 Å². The molecule has 0 unspecified atom stereocenters. The van der Waals surface area contributed by atoms with Crippen molar-refractivity contribution < 1.29 is 9.59 Å². The van der Waals surface area contributed by atoms with Crippen LogP contribution in [0.15, 0.2) is 46.9 Å². The fraction of sp³-hybridized carbons (Fsp3) is 0.273. The number of nitrogens with one attached hydrogen (secondary N) is 1. The van der Waals surface area contributed by atoms with Gasteiger partial charge in [-0.05, 0) is 43.2 Å². The van der Waals surface area contributed by atoms with Crippen LogP contribution >= 0.6 is 15.9 Å². The van der Waals surface area contributed by atoms with Crippen molar-refractivity contribution in [3.8, 4) is 0 Å². The van der Waals surface area contributed by atoms with E-state index in [0.717, 1.165) is 38.6 Å². The summed E-state index contributed by atoms with van der Waals surface area (Å²) in [4.78, 5) is 27.4. The molecule has 6 heteroatoms. The van der Waals surface area contributed by atoms with Crippen molar-refractivity contribution >= 4 is 44.3 Å². The van der Waals surface area contributed by atoms with Crippen LogP contribution in [0.25, 0.3) is 10.9 Å². The molecule has 0 atom stereocenters. The molecule has 144 valence electrons. The second-order valence-electron chi connectivity index (χ2n) is 7.24. The summed E-state index contributed by atoms with van der Waals surface area (Å²) in [6, 6.07) is 14.0. The Morgan fingerprint density at radius 1 is 1.21 bits per heavy atom. The first-order chi connectivity index (χ1) is 13.5. The van der Waals surface area contributed by atoms with Gasteiger partial charge in [0.2, 0.25) is 5.91 Å². The largest absolute Gasteiger partial charge is 0.347 e. The highest BCUT2D eigenvalue weighted by atomic mass is 79.9. The molecule has 5 nitrogen and oxygen atoms in total. The number of carbonyl (C=O) groups excluding carboxylic acids is 2. The molecule has 1 aromatic heterocycles. The zero-order valence-corrected chi connectivity index (χ0v) is 17.5. The van der Waals surface area contributed by atoms with E-state index in [4.69, 9.17) is 0 Å². The summed E-state index contributed by atoms with van der Waals surface area (Å²) in [7, 11) is 1.88. The van der Waals surface area contributed by atoms with Gasteiger partial charge < -0.3 is 14.8 Å². The smallest absolute Gasteiger partial charge is 0.270 e. The normalized spacial score (nSPS) is 14.1. The highest BCUT2D eigenvalue weighted by Crippen LogP contribution is 2.36. The molecule has 2 amide bonds. The zero-order chi connectivity index (χ0) is 19.8. The number of hydrogen-bond donors (Lipinski definition) is 1. The van der Waals surface area contributed by atoms with Crippen molar-refractivity contribution in [1.82, 2.24) is 9.88 Å². The number of nitrogens with zero attached hydrogens (tertiary/aromatic N) is 2. The molecular weight excluding hydrogens is 418 g/mol. The number of aromatic nitrogens is 1. The standard InChI is InChI=1S/C22H22BrN3O2/c1-14-8-9-18-17(11-14)20(26-10-4-7-19(26)27)21(25(18)2)22(28)24-13-15-5-3-6-16(23)12-15/h3,5-6,8-9,11-12H,4,7,10,13H2,1-2H3,(H,24,28). The van der Waals surface area contributed by atoms with E-state index in [9.17, 15) is 9.59 Å². The van der Waals surface area contributed by atoms with E-state index in [1.54, 1.807) is 4.90 Å². The molecule has 1 aliphatic rings. The summed E-state index contributed by atoms with van der Waals surface area (Å²) in [6.07, 6.45) is 1.35. The Morgan fingerprint density at radius 3 is 2.75 bits per heavy atom. The average molecular weight is 440 g/mol. The Labute approximate surface area is 172 Å². The van der Waals surface area contributed by atoms with Crippen molar-refractivity contribution in [2.45, 2.75) is 26.3 Å². The lowest BCUT2D eigenvalue weighted by molar-refractivity contribution is -0.117. The van der Waals surface area contributed by atoms with E-state index in [2.05, 4.69) is 27.3 Å². The van der Waals surface area contributed by atoms with Gasteiger partial charge >= 0.3 is 0 Å². The van der Waals surface area contributed by atoms with Gasteiger partial charge in [0.25, 0.3) is 5.91 Å².